The second-order valence-corrected chi connectivity index (χ2v) is 9.47. The van der Waals surface area contributed by atoms with E-state index in [1.165, 1.54) is 15.6 Å². The highest BCUT2D eigenvalue weighted by atomic mass is 16.2. The Balaban J connectivity index is 1.41. The quantitative estimate of drug-likeness (QED) is 0.401. The van der Waals surface area contributed by atoms with Gasteiger partial charge in [-0.15, -0.1) is 0 Å². The number of hydrogen-bond donors (Lipinski definition) is 1. The Morgan fingerprint density at radius 3 is 2.42 bits per heavy atom. The van der Waals surface area contributed by atoms with Crippen molar-refractivity contribution in [2.24, 2.45) is 19.8 Å². The van der Waals surface area contributed by atoms with Crippen molar-refractivity contribution in [2.75, 3.05) is 11.4 Å². The number of carbonyl (C=O) groups excluding carboxylic acids is 2. The molecule has 0 unspecified atom stereocenters. The molecule has 38 heavy (non-hydrogen) atoms. The summed E-state index contributed by atoms with van der Waals surface area (Å²) in [6.45, 7) is 2.49. The van der Waals surface area contributed by atoms with Crippen molar-refractivity contribution in [1.29, 1.82) is 0 Å². The zero-order valence-electron chi connectivity index (χ0n) is 21.2. The molecular weight excluding hydrogens is 482 g/mol. The third-order valence-corrected chi connectivity index (χ3v) is 7.27. The smallest absolute Gasteiger partial charge is 0.350 e. The van der Waals surface area contributed by atoms with Gasteiger partial charge in [0, 0.05) is 37.3 Å². The summed E-state index contributed by atoms with van der Waals surface area (Å²) in [5.41, 5.74) is 12.1. The topological polar surface area (TPSA) is 121 Å². The van der Waals surface area contributed by atoms with Crippen LogP contribution in [0.1, 0.15) is 32.0 Å². The standard InChI is InChI=1S/C28H25N7O3/c1-16-21(17-6-8-20(9-7-17)35-15-30-33(3)28(35)38)10-11-22-24(16)25(31-32(22)2)27(37)34-13-12-18-4-5-19(26(29)36)14-23(18)34/h4-11,14-15H,12-13H2,1-3H3,(H2,29,36). The Morgan fingerprint density at radius 1 is 0.974 bits per heavy atom. The number of nitrogens with zero attached hydrogens (tertiary/aromatic N) is 6. The molecule has 2 amide bonds. The number of fused-ring (bicyclic) bond motifs is 2. The van der Waals surface area contributed by atoms with Crippen LogP contribution in [0.4, 0.5) is 5.69 Å². The first-order chi connectivity index (χ1) is 18.2. The molecule has 0 fully saturated rings. The predicted molar refractivity (Wildman–Crippen MR) is 144 cm³/mol. The molecule has 1 aliphatic heterocycles. The van der Waals surface area contributed by atoms with Crippen molar-refractivity contribution < 1.29 is 9.59 Å². The Hall–Kier alpha value is -4.99. The van der Waals surface area contributed by atoms with Gasteiger partial charge in [-0.25, -0.2) is 14.0 Å². The second-order valence-electron chi connectivity index (χ2n) is 9.47. The van der Waals surface area contributed by atoms with Crippen LogP contribution >= 0.6 is 0 Å². The van der Waals surface area contributed by atoms with Crippen molar-refractivity contribution in [1.82, 2.24) is 24.1 Å². The molecule has 0 atom stereocenters. The van der Waals surface area contributed by atoms with Crippen LogP contribution in [-0.4, -0.2) is 42.5 Å². The van der Waals surface area contributed by atoms with Gasteiger partial charge in [0.05, 0.1) is 11.2 Å². The molecule has 0 spiro atoms. The highest BCUT2D eigenvalue weighted by Crippen LogP contribution is 2.35. The SMILES string of the molecule is Cc1c(-c2ccc(-n3cnn(C)c3=O)cc2)ccc2c1c(C(=O)N1CCc3ccc(C(N)=O)cc31)nn2C. The van der Waals surface area contributed by atoms with Gasteiger partial charge >= 0.3 is 5.69 Å². The molecule has 0 saturated heterocycles. The minimum Gasteiger partial charge on any atom is -0.366 e. The van der Waals surface area contributed by atoms with Crippen molar-refractivity contribution in [3.8, 4) is 16.8 Å². The lowest BCUT2D eigenvalue weighted by atomic mass is 9.96. The van der Waals surface area contributed by atoms with Crippen LogP contribution in [-0.2, 0) is 20.5 Å². The van der Waals surface area contributed by atoms with E-state index in [4.69, 9.17) is 5.73 Å². The van der Waals surface area contributed by atoms with Crippen LogP contribution in [0.15, 0.2) is 65.7 Å². The largest absolute Gasteiger partial charge is 0.366 e. The van der Waals surface area contributed by atoms with Crippen LogP contribution in [0.25, 0.3) is 27.7 Å². The molecule has 10 heteroatoms. The van der Waals surface area contributed by atoms with E-state index < -0.39 is 5.91 Å². The molecule has 5 aromatic rings. The zero-order valence-corrected chi connectivity index (χ0v) is 21.2. The first-order valence-corrected chi connectivity index (χ1v) is 12.2. The van der Waals surface area contributed by atoms with Crippen LogP contribution in [0, 0.1) is 6.92 Å². The molecule has 2 aromatic heterocycles. The van der Waals surface area contributed by atoms with Gasteiger partial charge in [0.2, 0.25) is 5.91 Å². The Labute approximate surface area is 217 Å². The van der Waals surface area contributed by atoms with Gasteiger partial charge in [-0.05, 0) is 65.9 Å². The van der Waals surface area contributed by atoms with E-state index in [9.17, 15) is 14.4 Å². The summed E-state index contributed by atoms with van der Waals surface area (Å²) in [7, 11) is 3.43. The Kier molecular flexibility index (Phi) is 5.27. The fourth-order valence-corrected chi connectivity index (χ4v) is 5.22. The van der Waals surface area contributed by atoms with E-state index in [2.05, 4.69) is 10.2 Å². The molecule has 6 rings (SSSR count). The lowest BCUT2D eigenvalue weighted by Crippen LogP contribution is -2.29. The molecule has 1 aliphatic rings. The van der Waals surface area contributed by atoms with Gasteiger partial charge in [-0.2, -0.15) is 10.2 Å². The highest BCUT2D eigenvalue weighted by molar-refractivity contribution is 6.15. The fourth-order valence-electron chi connectivity index (χ4n) is 5.22. The minimum absolute atomic E-state index is 0.220. The maximum Gasteiger partial charge on any atom is 0.350 e. The number of nitrogens with two attached hydrogens (primary N) is 1. The van der Waals surface area contributed by atoms with E-state index in [0.717, 1.165) is 33.2 Å². The van der Waals surface area contributed by atoms with Crippen LogP contribution in [0.2, 0.25) is 0 Å². The summed E-state index contributed by atoms with van der Waals surface area (Å²) in [6.07, 6.45) is 2.19. The van der Waals surface area contributed by atoms with Crippen molar-refractivity contribution in [2.45, 2.75) is 13.3 Å². The summed E-state index contributed by atoms with van der Waals surface area (Å²) in [4.78, 5) is 39.5. The molecule has 190 valence electrons. The van der Waals surface area contributed by atoms with Gasteiger partial charge in [-0.1, -0.05) is 24.3 Å². The number of hydrogen-bond acceptors (Lipinski definition) is 5. The van der Waals surface area contributed by atoms with Crippen molar-refractivity contribution >= 4 is 28.4 Å². The average Bonchev–Trinajstić information content (AvgIpc) is 3.59. The molecule has 2 N–H and O–H groups in total. The maximum absolute atomic E-state index is 13.8. The second kappa shape index (κ2) is 8.55. The summed E-state index contributed by atoms with van der Waals surface area (Å²) >= 11 is 0. The van der Waals surface area contributed by atoms with Gasteiger partial charge in [-0.3, -0.25) is 14.3 Å². The number of amides is 2. The van der Waals surface area contributed by atoms with E-state index in [1.54, 1.807) is 28.8 Å². The fraction of sp³-hybridized carbons (Fsp3) is 0.179. The van der Waals surface area contributed by atoms with Crippen LogP contribution in [0.3, 0.4) is 0 Å². The Morgan fingerprint density at radius 2 is 1.74 bits per heavy atom. The molecule has 0 aliphatic carbocycles. The zero-order chi connectivity index (χ0) is 26.7. The van der Waals surface area contributed by atoms with Gasteiger partial charge in [0.1, 0.15) is 6.33 Å². The maximum atomic E-state index is 13.8. The monoisotopic (exact) mass is 507 g/mol. The van der Waals surface area contributed by atoms with Crippen LogP contribution in [0.5, 0.6) is 0 Å². The number of aromatic nitrogens is 5. The van der Waals surface area contributed by atoms with Gasteiger partial charge in [0.15, 0.2) is 5.69 Å². The number of aryl methyl sites for hydroxylation is 3. The molecule has 3 heterocycles. The molecule has 10 nitrogen and oxygen atoms in total. The number of rotatable bonds is 4. The van der Waals surface area contributed by atoms with E-state index in [0.29, 0.717) is 35.6 Å². The third-order valence-electron chi connectivity index (χ3n) is 7.27. The Bertz CT molecular complexity index is 1830. The minimum atomic E-state index is -0.532. The molecule has 0 radical (unpaired) electrons. The first kappa shape index (κ1) is 23.4. The molecular formula is C28H25N7O3. The molecule has 3 aromatic carbocycles. The number of benzene rings is 3. The lowest BCUT2D eigenvalue weighted by Gasteiger charge is -2.17. The first-order valence-electron chi connectivity index (χ1n) is 12.2. The van der Waals surface area contributed by atoms with E-state index in [-0.39, 0.29) is 11.6 Å². The highest BCUT2D eigenvalue weighted by Gasteiger charge is 2.30. The predicted octanol–water partition coefficient (Wildman–Crippen LogP) is 2.73. The summed E-state index contributed by atoms with van der Waals surface area (Å²) in [5, 5.41) is 9.40. The van der Waals surface area contributed by atoms with Crippen molar-refractivity contribution in [3.05, 3.63) is 93.8 Å². The van der Waals surface area contributed by atoms with Crippen LogP contribution < -0.4 is 16.3 Å². The van der Waals surface area contributed by atoms with Crippen molar-refractivity contribution in [3.63, 3.8) is 0 Å². The number of anilines is 1. The average molecular weight is 508 g/mol. The van der Waals surface area contributed by atoms with E-state index in [1.807, 2.05) is 56.4 Å². The van der Waals surface area contributed by atoms with Gasteiger partial charge < -0.3 is 10.6 Å². The summed E-state index contributed by atoms with van der Waals surface area (Å²) in [6, 6.07) is 16.8. The number of primary amides is 1. The molecule has 0 saturated carbocycles. The third kappa shape index (κ3) is 3.52. The number of carbonyl (C=O) groups is 2. The molecule has 0 bridgehead atoms. The van der Waals surface area contributed by atoms with E-state index >= 15 is 0 Å². The summed E-state index contributed by atoms with van der Waals surface area (Å²) in [5.74, 6) is -0.752. The normalized spacial score (nSPS) is 12.8. The summed E-state index contributed by atoms with van der Waals surface area (Å²) < 4.78 is 4.48. The lowest BCUT2D eigenvalue weighted by molar-refractivity contribution is 0.0980. The van der Waals surface area contributed by atoms with Gasteiger partial charge in [0.25, 0.3) is 5.91 Å².